The smallest absolute Gasteiger partial charge is 0.321 e. The summed E-state index contributed by atoms with van der Waals surface area (Å²) in [6.45, 7) is 2.33. The average molecular weight is 347 g/mol. The summed E-state index contributed by atoms with van der Waals surface area (Å²) in [6, 6.07) is 19.9. The van der Waals surface area contributed by atoms with Gasteiger partial charge in [0.1, 0.15) is 11.4 Å². The Hall–Kier alpha value is -2.76. The molecule has 0 aliphatic carbocycles. The topological polar surface area (TPSA) is 58.5 Å². The third-order valence-corrected chi connectivity index (χ3v) is 4.72. The number of rotatable bonds is 5. The minimum absolute atomic E-state index is 0.340. The Morgan fingerprint density at radius 2 is 1.69 bits per heavy atom. The van der Waals surface area contributed by atoms with Crippen molar-refractivity contribution in [3.63, 3.8) is 0 Å². The number of hydrogen-bond donors (Lipinski definition) is 1. The quantitative estimate of drug-likeness (QED) is 0.767. The first-order valence-corrected chi connectivity index (χ1v) is 8.75. The Morgan fingerprint density at radius 3 is 2.42 bits per heavy atom. The molecule has 1 atom stereocenters. The minimum atomic E-state index is -0.755. The van der Waals surface area contributed by atoms with Crippen molar-refractivity contribution in [2.45, 2.75) is 18.6 Å². The van der Waals surface area contributed by atoms with E-state index in [0.717, 1.165) is 25.1 Å². The third-order valence-electron chi connectivity index (χ3n) is 4.72. The summed E-state index contributed by atoms with van der Waals surface area (Å²) in [5, 5.41) is 10.9. The van der Waals surface area contributed by atoms with E-state index in [1.807, 2.05) is 54.6 Å². The first-order chi connectivity index (χ1) is 12.7. The molecule has 26 heavy (non-hydrogen) atoms. The molecule has 132 valence electrons. The van der Waals surface area contributed by atoms with Gasteiger partial charge in [-0.25, -0.2) is 9.97 Å². The molecule has 1 aliphatic rings. The second kappa shape index (κ2) is 7.23. The van der Waals surface area contributed by atoms with Crippen LogP contribution in [0.4, 0.5) is 0 Å². The van der Waals surface area contributed by atoms with E-state index in [1.165, 1.54) is 5.56 Å². The summed E-state index contributed by atoms with van der Waals surface area (Å²) < 4.78 is 5.62. The molecule has 1 fully saturated rings. The van der Waals surface area contributed by atoms with Gasteiger partial charge >= 0.3 is 6.01 Å². The van der Waals surface area contributed by atoms with Gasteiger partial charge in [0.05, 0.1) is 0 Å². The van der Waals surface area contributed by atoms with E-state index in [1.54, 1.807) is 18.5 Å². The number of likely N-dealkylation sites (tertiary alicyclic amines) is 1. The SMILES string of the molecule is OC1(c2ccccc2)CCN(Cc2ccc(Oc3ncccn3)cc2)C1. The van der Waals surface area contributed by atoms with Crippen molar-refractivity contribution >= 4 is 0 Å². The van der Waals surface area contributed by atoms with Crippen LogP contribution < -0.4 is 4.74 Å². The average Bonchev–Trinajstić information content (AvgIpc) is 3.07. The molecule has 1 saturated heterocycles. The number of hydrogen-bond acceptors (Lipinski definition) is 5. The largest absolute Gasteiger partial charge is 0.424 e. The molecule has 1 aromatic heterocycles. The predicted molar refractivity (Wildman–Crippen MR) is 98.8 cm³/mol. The van der Waals surface area contributed by atoms with Crippen LogP contribution in [0.5, 0.6) is 11.8 Å². The maximum atomic E-state index is 10.9. The lowest BCUT2D eigenvalue weighted by Gasteiger charge is -2.24. The molecule has 0 radical (unpaired) electrons. The van der Waals surface area contributed by atoms with E-state index in [0.29, 0.717) is 18.3 Å². The van der Waals surface area contributed by atoms with Gasteiger partial charge in [-0.2, -0.15) is 0 Å². The van der Waals surface area contributed by atoms with Crippen LogP contribution in [0, 0.1) is 0 Å². The van der Waals surface area contributed by atoms with Crippen LogP contribution in [0.1, 0.15) is 17.5 Å². The number of β-amino-alcohol motifs (C(OH)–C–C–N with tert-alkyl or cyclic N) is 1. The van der Waals surface area contributed by atoms with Crippen LogP contribution in [0.25, 0.3) is 0 Å². The van der Waals surface area contributed by atoms with Crippen LogP contribution >= 0.6 is 0 Å². The number of aromatic nitrogens is 2. The normalized spacial score (nSPS) is 20.2. The summed E-state index contributed by atoms with van der Waals surface area (Å²) in [7, 11) is 0. The zero-order chi connectivity index (χ0) is 17.8. The lowest BCUT2D eigenvalue weighted by atomic mass is 9.93. The molecule has 2 heterocycles. The maximum absolute atomic E-state index is 10.9. The molecule has 1 aliphatic heterocycles. The summed E-state index contributed by atoms with van der Waals surface area (Å²) in [4.78, 5) is 10.4. The molecule has 5 heteroatoms. The summed E-state index contributed by atoms with van der Waals surface area (Å²) in [6.07, 6.45) is 4.06. The van der Waals surface area contributed by atoms with Gasteiger partial charge in [0, 0.05) is 32.0 Å². The number of aliphatic hydroxyl groups is 1. The second-order valence-electron chi connectivity index (χ2n) is 6.64. The highest BCUT2D eigenvalue weighted by Gasteiger charge is 2.37. The van der Waals surface area contributed by atoms with Gasteiger partial charge < -0.3 is 9.84 Å². The van der Waals surface area contributed by atoms with Crippen molar-refractivity contribution in [3.05, 3.63) is 84.2 Å². The van der Waals surface area contributed by atoms with Crippen LogP contribution in [-0.4, -0.2) is 33.1 Å². The highest BCUT2D eigenvalue weighted by atomic mass is 16.5. The molecule has 2 aromatic carbocycles. The Balaban J connectivity index is 1.38. The number of benzene rings is 2. The number of nitrogens with zero attached hydrogens (tertiary/aromatic N) is 3. The van der Waals surface area contributed by atoms with Crippen LogP contribution in [-0.2, 0) is 12.1 Å². The Morgan fingerprint density at radius 1 is 0.962 bits per heavy atom. The van der Waals surface area contributed by atoms with Crippen molar-refractivity contribution in [1.29, 1.82) is 0 Å². The molecule has 4 rings (SSSR count). The van der Waals surface area contributed by atoms with Gasteiger partial charge in [-0.3, -0.25) is 4.90 Å². The molecule has 3 aromatic rings. The van der Waals surface area contributed by atoms with E-state index < -0.39 is 5.60 Å². The van der Waals surface area contributed by atoms with Crippen molar-refractivity contribution in [1.82, 2.24) is 14.9 Å². The lowest BCUT2D eigenvalue weighted by molar-refractivity contribution is 0.0453. The number of ether oxygens (including phenoxy) is 1. The van der Waals surface area contributed by atoms with Crippen molar-refractivity contribution < 1.29 is 9.84 Å². The summed E-state index contributed by atoms with van der Waals surface area (Å²) >= 11 is 0. The lowest BCUT2D eigenvalue weighted by Crippen LogP contribution is -2.30. The van der Waals surface area contributed by atoms with Gasteiger partial charge in [0.15, 0.2) is 0 Å². The van der Waals surface area contributed by atoms with E-state index in [9.17, 15) is 5.11 Å². The molecule has 5 nitrogen and oxygen atoms in total. The molecule has 0 spiro atoms. The van der Waals surface area contributed by atoms with E-state index in [-0.39, 0.29) is 0 Å². The third kappa shape index (κ3) is 3.74. The Labute approximate surface area is 152 Å². The zero-order valence-corrected chi connectivity index (χ0v) is 14.5. The van der Waals surface area contributed by atoms with Gasteiger partial charge in [-0.15, -0.1) is 0 Å². The molecule has 0 amide bonds. The first kappa shape index (κ1) is 16.7. The van der Waals surface area contributed by atoms with Crippen LogP contribution in [0.3, 0.4) is 0 Å². The minimum Gasteiger partial charge on any atom is -0.424 e. The van der Waals surface area contributed by atoms with E-state index >= 15 is 0 Å². The standard InChI is InChI=1S/C21H21N3O2/c25-21(18-5-2-1-3-6-18)11-14-24(16-21)15-17-7-9-19(10-8-17)26-20-22-12-4-13-23-20/h1-10,12-13,25H,11,14-16H2. The van der Waals surface area contributed by atoms with Crippen LogP contribution in [0.2, 0.25) is 0 Å². The maximum Gasteiger partial charge on any atom is 0.321 e. The predicted octanol–water partition coefficient (Wildman–Crippen LogP) is 3.36. The molecular weight excluding hydrogens is 326 g/mol. The van der Waals surface area contributed by atoms with E-state index in [2.05, 4.69) is 14.9 Å². The zero-order valence-electron chi connectivity index (χ0n) is 14.5. The van der Waals surface area contributed by atoms with Crippen LogP contribution in [0.15, 0.2) is 73.1 Å². The molecule has 1 unspecified atom stereocenters. The highest BCUT2D eigenvalue weighted by molar-refractivity contribution is 5.29. The molecule has 1 N–H and O–H groups in total. The summed E-state index contributed by atoms with van der Waals surface area (Å²) in [5.41, 5.74) is 1.42. The van der Waals surface area contributed by atoms with Crippen molar-refractivity contribution in [2.75, 3.05) is 13.1 Å². The Bertz CT molecular complexity index is 840. The van der Waals surface area contributed by atoms with E-state index in [4.69, 9.17) is 4.74 Å². The fourth-order valence-corrected chi connectivity index (χ4v) is 3.35. The van der Waals surface area contributed by atoms with Gasteiger partial charge in [0.2, 0.25) is 0 Å². The molecule has 0 saturated carbocycles. The fraction of sp³-hybridized carbons (Fsp3) is 0.238. The van der Waals surface area contributed by atoms with Crippen molar-refractivity contribution in [2.24, 2.45) is 0 Å². The van der Waals surface area contributed by atoms with Gasteiger partial charge in [-0.05, 0) is 35.7 Å². The fourth-order valence-electron chi connectivity index (χ4n) is 3.35. The van der Waals surface area contributed by atoms with Gasteiger partial charge in [0.25, 0.3) is 0 Å². The highest BCUT2D eigenvalue weighted by Crippen LogP contribution is 2.32. The second-order valence-corrected chi connectivity index (χ2v) is 6.64. The van der Waals surface area contributed by atoms with Gasteiger partial charge in [-0.1, -0.05) is 42.5 Å². The first-order valence-electron chi connectivity index (χ1n) is 8.75. The summed E-state index contributed by atoms with van der Waals surface area (Å²) in [5.74, 6) is 0.710. The Kier molecular flexibility index (Phi) is 4.65. The molecule has 0 bridgehead atoms. The monoisotopic (exact) mass is 347 g/mol. The molecular formula is C21H21N3O2. The van der Waals surface area contributed by atoms with Crippen molar-refractivity contribution in [3.8, 4) is 11.8 Å².